The van der Waals surface area contributed by atoms with Crippen molar-refractivity contribution in [3.05, 3.63) is 30.1 Å². The second-order valence-corrected chi connectivity index (χ2v) is 8.33. The lowest BCUT2D eigenvalue weighted by molar-refractivity contribution is -0.146. The third kappa shape index (κ3) is 3.84. The zero-order valence-electron chi connectivity index (χ0n) is 16.6. The number of hydrogen-bond donors (Lipinski definition) is 2. The van der Waals surface area contributed by atoms with Gasteiger partial charge in [0.25, 0.3) is 5.91 Å². The molecule has 9 heteroatoms. The van der Waals surface area contributed by atoms with Crippen LogP contribution in [0.25, 0.3) is 0 Å². The van der Waals surface area contributed by atoms with Gasteiger partial charge in [0, 0.05) is 71.0 Å². The first-order valence-corrected chi connectivity index (χ1v) is 10.0. The number of likely N-dealkylation sites (tertiary alicyclic amines) is 1. The first-order chi connectivity index (χ1) is 13.9. The lowest BCUT2D eigenvalue weighted by atomic mass is 9.83. The van der Waals surface area contributed by atoms with Crippen molar-refractivity contribution in [1.29, 1.82) is 0 Å². The van der Waals surface area contributed by atoms with Gasteiger partial charge in [-0.2, -0.15) is 0 Å². The number of β-amino-alcohol motifs (C(OH)–C–C–N with tert-alkyl or cyclic N) is 1. The molecule has 1 aromatic heterocycles. The average Bonchev–Trinajstić information content (AvgIpc) is 3.05. The third-order valence-corrected chi connectivity index (χ3v) is 6.15. The number of hydrogen-bond acceptors (Lipinski definition) is 6. The second-order valence-electron chi connectivity index (χ2n) is 8.33. The summed E-state index contributed by atoms with van der Waals surface area (Å²) in [5, 5.41) is 12.9. The molecule has 0 bridgehead atoms. The molecule has 3 aliphatic heterocycles. The molecule has 4 heterocycles. The van der Waals surface area contributed by atoms with Gasteiger partial charge in [-0.05, 0) is 18.6 Å². The van der Waals surface area contributed by atoms with Crippen LogP contribution in [0.3, 0.4) is 0 Å². The van der Waals surface area contributed by atoms with E-state index in [9.17, 15) is 19.5 Å². The Bertz CT molecular complexity index is 795. The van der Waals surface area contributed by atoms with Crippen LogP contribution in [0.4, 0.5) is 0 Å². The minimum Gasteiger partial charge on any atom is -0.392 e. The van der Waals surface area contributed by atoms with Crippen LogP contribution in [-0.4, -0.2) is 99.5 Å². The van der Waals surface area contributed by atoms with Gasteiger partial charge in [0.15, 0.2) is 0 Å². The molecule has 156 valence electrons. The lowest BCUT2D eigenvalue weighted by Crippen LogP contribution is -2.79. The fraction of sp³-hybridized carbons (Fsp3) is 0.600. The van der Waals surface area contributed by atoms with E-state index in [1.807, 2.05) is 4.90 Å². The number of aromatic nitrogens is 1. The Kier molecular flexibility index (Phi) is 5.26. The highest BCUT2D eigenvalue weighted by Gasteiger charge is 2.57. The van der Waals surface area contributed by atoms with Crippen molar-refractivity contribution in [2.45, 2.75) is 37.5 Å². The van der Waals surface area contributed by atoms with E-state index in [1.165, 1.54) is 6.92 Å². The number of nitrogens with one attached hydrogen (secondary N) is 1. The number of aliphatic hydroxyl groups excluding tert-OH is 1. The molecule has 2 N–H and O–H groups in total. The zero-order valence-corrected chi connectivity index (χ0v) is 16.6. The number of piperazine rings is 1. The van der Waals surface area contributed by atoms with Gasteiger partial charge in [-0.25, -0.2) is 0 Å². The molecule has 0 saturated carbocycles. The molecule has 9 nitrogen and oxygen atoms in total. The summed E-state index contributed by atoms with van der Waals surface area (Å²) < 4.78 is 0. The molecule has 3 saturated heterocycles. The Balaban J connectivity index is 1.44. The van der Waals surface area contributed by atoms with Crippen molar-refractivity contribution in [1.82, 2.24) is 25.0 Å². The van der Waals surface area contributed by atoms with Crippen LogP contribution in [0.1, 0.15) is 30.1 Å². The smallest absolute Gasteiger partial charge is 0.255 e. The summed E-state index contributed by atoms with van der Waals surface area (Å²) in [6.45, 7) is 4.49. The fourth-order valence-electron chi connectivity index (χ4n) is 4.87. The van der Waals surface area contributed by atoms with E-state index >= 15 is 0 Å². The molecule has 0 aromatic carbocycles. The van der Waals surface area contributed by atoms with Crippen LogP contribution in [0.2, 0.25) is 0 Å². The molecule has 4 rings (SSSR count). The first kappa shape index (κ1) is 19.8. The summed E-state index contributed by atoms with van der Waals surface area (Å²) >= 11 is 0. The number of pyridine rings is 1. The summed E-state index contributed by atoms with van der Waals surface area (Å²) in [6, 6.07) is 3.59. The van der Waals surface area contributed by atoms with E-state index in [0.717, 1.165) is 0 Å². The van der Waals surface area contributed by atoms with Gasteiger partial charge in [0.1, 0.15) is 0 Å². The molecule has 0 unspecified atom stereocenters. The monoisotopic (exact) mass is 401 g/mol. The minimum absolute atomic E-state index is 0.00352. The van der Waals surface area contributed by atoms with E-state index in [2.05, 4.69) is 15.2 Å². The maximum Gasteiger partial charge on any atom is 0.255 e. The fourth-order valence-corrected chi connectivity index (χ4v) is 4.87. The Hall–Kier alpha value is -2.52. The van der Waals surface area contributed by atoms with Gasteiger partial charge in [-0.3, -0.25) is 24.3 Å². The number of rotatable bonds is 4. The molecule has 29 heavy (non-hydrogen) atoms. The largest absolute Gasteiger partial charge is 0.392 e. The van der Waals surface area contributed by atoms with Gasteiger partial charge in [-0.1, -0.05) is 0 Å². The van der Waals surface area contributed by atoms with E-state index in [1.54, 1.807) is 29.4 Å². The molecule has 3 amide bonds. The summed E-state index contributed by atoms with van der Waals surface area (Å²) in [7, 11) is 0. The van der Waals surface area contributed by atoms with Gasteiger partial charge in [0.05, 0.1) is 17.2 Å². The predicted octanol–water partition coefficient (Wildman–Crippen LogP) is -0.920. The maximum absolute atomic E-state index is 12.7. The third-order valence-electron chi connectivity index (χ3n) is 6.15. The number of carbonyl (C=O) groups is 3. The van der Waals surface area contributed by atoms with Crippen LogP contribution in [0.5, 0.6) is 0 Å². The first-order valence-electron chi connectivity index (χ1n) is 10.0. The molecule has 3 fully saturated rings. The zero-order chi connectivity index (χ0) is 20.6. The van der Waals surface area contributed by atoms with Gasteiger partial charge in [-0.15, -0.1) is 0 Å². The second kappa shape index (κ2) is 7.72. The standard InChI is InChI=1S/C20H27N5O4/c1-14(26)22-6-4-18(28)23-9-16-7-17(27)10-25(16)20(11-23)12-24(13-20)19(29)15-3-2-5-21-8-15/h2-3,5,8,16-17,27H,4,6-7,9-13H2,1H3,(H,22,26)/t16-,17-/m1/s1. The molecule has 1 aromatic rings. The highest BCUT2D eigenvalue weighted by Crippen LogP contribution is 2.39. The Morgan fingerprint density at radius 1 is 1.24 bits per heavy atom. The van der Waals surface area contributed by atoms with Crippen molar-refractivity contribution >= 4 is 17.7 Å². The number of nitrogens with zero attached hydrogens (tertiary/aromatic N) is 4. The molecule has 0 aliphatic carbocycles. The van der Waals surface area contributed by atoms with Crippen LogP contribution in [0, 0.1) is 0 Å². The van der Waals surface area contributed by atoms with E-state index < -0.39 is 6.10 Å². The molecule has 2 atom stereocenters. The summed E-state index contributed by atoms with van der Waals surface area (Å²) in [5.74, 6) is -0.216. The molecule has 3 aliphatic rings. The molecular weight excluding hydrogens is 374 g/mol. The number of fused-ring (bicyclic) bond motifs is 2. The van der Waals surface area contributed by atoms with Crippen molar-refractivity contribution in [3.8, 4) is 0 Å². The van der Waals surface area contributed by atoms with Gasteiger partial charge in [0.2, 0.25) is 11.8 Å². The molecular formula is C20H27N5O4. The Morgan fingerprint density at radius 2 is 2.00 bits per heavy atom. The Morgan fingerprint density at radius 3 is 2.69 bits per heavy atom. The van der Waals surface area contributed by atoms with Crippen molar-refractivity contribution < 1.29 is 19.5 Å². The van der Waals surface area contributed by atoms with E-state index in [0.29, 0.717) is 51.3 Å². The summed E-state index contributed by atoms with van der Waals surface area (Å²) in [4.78, 5) is 46.4. The number of amides is 3. The highest BCUT2D eigenvalue weighted by atomic mass is 16.3. The van der Waals surface area contributed by atoms with E-state index in [4.69, 9.17) is 0 Å². The molecule has 1 spiro atoms. The van der Waals surface area contributed by atoms with Crippen molar-refractivity contribution in [2.24, 2.45) is 0 Å². The SMILES string of the molecule is CC(=O)NCCC(=O)N1C[C@H]2C[C@@H](O)CN2C2(C1)CN(C(=O)c1cccnc1)C2. The van der Waals surface area contributed by atoms with Crippen LogP contribution in [0.15, 0.2) is 24.5 Å². The average molecular weight is 401 g/mol. The molecule has 0 radical (unpaired) electrons. The van der Waals surface area contributed by atoms with Gasteiger partial charge < -0.3 is 20.2 Å². The number of aliphatic hydroxyl groups is 1. The van der Waals surface area contributed by atoms with Crippen molar-refractivity contribution in [2.75, 3.05) is 39.3 Å². The van der Waals surface area contributed by atoms with Crippen LogP contribution in [-0.2, 0) is 9.59 Å². The van der Waals surface area contributed by atoms with E-state index in [-0.39, 0.29) is 35.7 Å². The van der Waals surface area contributed by atoms with Crippen LogP contribution < -0.4 is 5.32 Å². The quantitative estimate of drug-likeness (QED) is 0.676. The number of carbonyl (C=O) groups excluding carboxylic acids is 3. The lowest BCUT2D eigenvalue weighted by Gasteiger charge is -2.60. The summed E-state index contributed by atoms with van der Waals surface area (Å²) in [6.07, 6.45) is 3.68. The van der Waals surface area contributed by atoms with Crippen molar-refractivity contribution in [3.63, 3.8) is 0 Å². The maximum atomic E-state index is 12.7. The summed E-state index contributed by atoms with van der Waals surface area (Å²) in [5.41, 5.74) is 0.237. The normalized spacial score (nSPS) is 25.4. The topological polar surface area (TPSA) is 106 Å². The van der Waals surface area contributed by atoms with Crippen LogP contribution >= 0.6 is 0 Å². The van der Waals surface area contributed by atoms with Gasteiger partial charge >= 0.3 is 0 Å². The Labute approximate surface area is 169 Å². The highest BCUT2D eigenvalue weighted by molar-refractivity contribution is 5.94. The predicted molar refractivity (Wildman–Crippen MR) is 104 cm³/mol. The minimum atomic E-state index is -0.408.